The number of carbonyl (C=O) groups is 2. The van der Waals surface area contributed by atoms with Gasteiger partial charge in [-0.25, -0.2) is 0 Å². The summed E-state index contributed by atoms with van der Waals surface area (Å²) in [6.07, 6.45) is 8.41. The van der Waals surface area contributed by atoms with E-state index in [-0.39, 0.29) is 29.7 Å². The van der Waals surface area contributed by atoms with E-state index in [0.29, 0.717) is 12.5 Å². The molecule has 3 rings (SSSR count). The van der Waals surface area contributed by atoms with Gasteiger partial charge in [-0.3, -0.25) is 9.59 Å². The van der Waals surface area contributed by atoms with Gasteiger partial charge in [0.1, 0.15) is 0 Å². The summed E-state index contributed by atoms with van der Waals surface area (Å²) in [4.78, 5) is 27.2. The summed E-state index contributed by atoms with van der Waals surface area (Å²) in [7, 11) is 0. The van der Waals surface area contributed by atoms with Crippen molar-refractivity contribution < 1.29 is 9.59 Å². The Labute approximate surface area is 133 Å². The normalized spacial score (nSPS) is 30.1. The van der Waals surface area contributed by atoms with E-state index in [9.17, 15) is 9.59 Å². The molecule has 3 N–H and O–H groups in total. The van der Waals surface area contributed by atoms with Gasteiger partial charge in [0.2, 0.25) is 11.8 Å². The van der Waals surface area contributed by atoms with Crippen LogP contribution in [0.4, 0.5) is 0 Å². The van der Waals surface area contributed by atoms with E-state index >= 15 is 0 Å². The molecule has 2 aliphatic carbocycles. The van der Waals surface area contributed by atoms with Crippen molar-refractivity contribution in [2.75, 3.05) is 19.6 Å². The molecule has 1 saturated heterocycles. The summed E-state index contributed by atoms with van der Waals surface area (Å²) in [6.45, 7) is 2.30. The Morgan fingerprint density at radius 2 is 1.64 bits per heavy atom. The summed E-state index contributed by atoms with van der Waals surface area (Å²) in [5, 5.41) is 3.01. The van der Waals surface area contributed by atoms with Crippen LogP contribution in [0.2, 0.25) is 0 Å². The van der Waals surface area contributed by atoms with Crippen molar-refractivity contribution in [3.8, 4) is 0 Å². The second-order valence-corrected chi connectivity index (χ2v) is 7.28. The molecule has 2 saturated carbocycles. The number of nitrogens with two attached hydrogens (primary N) is 1. The zero-order valence-electron chi connectivity index (χ0n) is 13.4. The Hall–Kier alpha value is -1.10. The molecule has 0 aromatic heterocycles. The Bertz CT molecular complexity index is 416. The van der Waals surface area contributed by atoms with Crippen LogP contribution in [0.15, 0.2) is 0 Å². The minimum absolute atomic E-state index is 0.0494. The number of hydrogen-bond acceptors (Lipinski definition) is 3. The van der Waals surface area contributed by atoms with Crippen LogP contribution in [-0.2, 0) is 9.59 Å². The molecule has 0 aromatic rings. The van der Waals surface area contributed by atoms with Gasteiger partial charge in [-0.15, -0.1) is 0 Å². The molecule has 0 radical (unpaired) electrons. The molecule has 3 atom stereocenters. The predicted octanol–water partition coefficient (Wildman–Crippen LogP) is 1.27. The van der Waals surface area contributed by atoms with Crippen LogP contribution in [0.5, 0.6) is 0 Å². The van der Waals surface area contributed by atoms with Gasteiger partial charge in [0.05, 0.1) is 0 Å². The second kappa shape index (κ2) is 6.99. The highest BCUT2D eigenvalue weighted by Gasteiger charge is 2.38. The third kappa shape index (κ3) is 3.62. The molecule has 3 unspecified atom stereocenters. The first kappa shape index (κ1) is 15.8. The Kier molecular flexibility index (Phi) is 5.01. The van der Waals surface area contributed by atoms with Crippen molar-refractivity contribution in [1.82, 2.24) is 10.2 Å². The minimum Gasteiger partial charge on any atom is -0.354 e. The number of likely N-dealkylation sites (tertiary alicyclic amines) is 1. The van der Waals surface area contributed by atoms with Gasteiger partial charge >= 0.3 is 0 Å². The van der Waals surface area contributed by atoms with Crippen LogP contribution < -0.4 is 11.1 Å². The number of nitrogens with one attached hydrogen (secondary N) is 1. The van der Waals surface area contributed by atoms with Crippen LogP contribution in [0, 0.1) is 17.8 Å². The molecule has 124 valence electrons. The van der Waals surface area contributed by atoms with Gasteiger partial charge in [0.15, 0.2) is 0 Å². The van der Waals surface area contributed by atoms with Gasteiger partial charge in [-0.2, -0.15) is 0 Å². The number of rotatable bonds is 5. The fourth-order valence-electron chi connectivity index (χ4n) is 3.95. The summed E-state index contributed by atoms with van der Waals surface area (Å²) in [6, 6.07) is 0.0836. The van der Waals surface area contributed by atoms with E-state index in [0.717, 1.165) is 51.6 Å². The highest BCUT2D eigenvalue weighted by Crippen LogP contribution is 2.33. The molecule has 22 heavy (non-hydrogen) atoms. The standard InChI is InChI=1S/C17H29N3O2/c18-15(12-7-8-12)11-19-16(21)13-5-1-2-6-14(13)17(22)20-9-3-4-10-20/h12-15H,1-11,18H2,(H,19,21). The Morgan fingerprint density at radius 3 is 2.27 bits per heavy atom. The van der Waals surface area contributed by atoms with Gasteiger partial charge in [-0.1, -0.05) is 12.8 Å². The molecular formula is C17H29N3O2. The monoisotopic (exact) mass is 307 g/mol. The second-order valence-electron chi connectivity index (χ2n) is 7.28. The lowest BCUT2D eigenvalue weighted by molar-refractivity contribution is -0.142. The Morgan fingerprint density at radius 1 is 1.00 bits per heavy atom. The van der Waals surface area contributed by atoms with Crippen molar-refractivity contribution >= 4 is 11.8 Å². The van der Waals surface area contributed by atoms with E-state index in [1.165, 1.54) is 12.8 Å². The van der Waals surface area contributed by atoms with Gasteiger partial charge in [0, 0.05) is 37.5 Å². The number of amides is 2. The fourth-order valence-corrected chi connectivity index (χ4v) is 3.95. The highest BCUT2D eigenvalue weighted by molar-refractivity contribution is 5.88. The van der Waals surface area contributed by atoms with Crippen LogP contribution in [-0.4, -0.2) is 42.4 Å². The molecule has 1 aliphatic heterocycles. The first-order valence-electron chi connectivity index (χ1n) is 8.99. The van der Waals surface area contributed by atoms with Gasteiger partial charge < -0.3 is 16.0 Å². The predicted molar refractivity (Wildman–Crippen MR) is 85.0 cm³/mol. The van der Waals surface area contributed by atoms with Crippen molar-refractivity contribution in [3.63, 3.8) is 0 Å². The van der Waals surface area contributed by atoms with Crippen molar-refractivity contribution in [2.24, 2.45) is 23.5 Å². The first-order chi connectivity index (χ1) is 10.7. The number of carbonyl (C=O) groups excluding carboxylic acids is 2. The van der Waals surface area contributed by atoms with Gasteiger partial charge in [-0.05, 0) is 44.4 Å². The summed E-state index contributed by atoms with van der Waals surface area (Å²) in [5.74, 6) is 0.600. The maximum Gasteiger partial charge on any atom is 0.226 e. The number of hydrogen-bond donors (Lipinski definition) is 2. The van der Waals surface area contributed by atoms with Crippen LogP contribution in [0.25, 0.3) is 0 Å². The Balaban J connectivity index is 1.56. The summed E-state index contributed by atoms with van der Waals surface area (Å²) in [5.41, 5.74) is 6.06. The van der Waals surface area contributed by atoms with E-state index in [2.05, 4.69) is 5.32 Å². The third-order valence-electron chi connectivity index (χ3n) is 5.58. The molecular weight excluding hydrogens is 278 g/mol. The highest BCUT2D eigenvalue weighted by atomic mass is 16.2. The van der Waals surface area contributed by atoms with Crippen molar-refractivity contribution in [3.05, 3.63) is 0 Å². The molecule has 0 aromatic carbocycles. The maximum atomic E-state index is 12.7. The lowest BCUT2D eigenvalue weighted by atomic mass is 9.77. The van der Waals surface area contributed by atoms with Crippen LogP contribution in [0.1, 0.15) is 51.4 Å². The molecule has 0 spiro atoms. The lowest BCUT2D eigenvalue weighted by Crippen LogP contribution is -2.47. The van der Waals surface area contributed by atoms with Gasteiger partial charge in [0.25, 0.3) is 0 Å². The zero-order valence-corrected chi connectivity index (χ0v) is 13.4. The van der Waals surface area contributed by atoms with E-state index < -0.39 is 0 Å². The molecule has 2 amide bonds. The molecule has 3 aliphatic rings. The third-order valence-corrected chi connectivity index (χ3v) is 5.58. The molecule has 5 heteroatoms. The molecule has 0 bridgehead atoms. The largest absolute Gasteiger partial charge is 0.354 e. The lowest BCUT2D eigenvalue weighted by Gasteiger charge is -2.32. The topological polar surface area (TPSA) is 75.4 Å². The smallest absolute Gasteiger partial charge is 0.226 e. The maximum absolute atomic E-state index is 12.7. The average molecular weight is 307 g/mol. The van der Waals surface area contributed by atoms with Crippen LogP contribution in [0.3, 0.4) is 0 Å². The minimum atomic E-state index is -0.145. The summed E-state index contributed by atoms with van der Waals surface area (Å²) < 4.78 is 0. The SMILES string of the molecule is NC(CNC(=O)C1CCCCC1C(=O)N1CCCC1)C1CC1. The van der Waals surface area contributed by atoms with Crippen LogP contribution >= 0.6 is 0 Å². The molecule has 3 fully saturated rings. The molecule has 1 heterocycles. The van der Waals surface area contributed by atoms with E-state index in [1.807, 2.05) is 4.90 Å². The summed E-state index contributed by atoms with van der Waals surface area (Å²) >= 11 is 0. The quantitative estimate of drug-likeness (QED) is 0.803. The zero-order chi connectivity index (χ0) is 15.5. The van der Waals surface area contributed by atoms with E-state index in [4.69, 9.17) is 5.73 Å². The van der Waals surface area contributed by atoms with E-state index in [1.54, 1.807) is 0 Å². The van der Waals surface area contributed by atoms with Crippen molar-refractivity contribution in [1.29, 1.82) is 0 Å². The first-order valence-corrected chi connectivity index (χ1v) is 8.99. The average Bonchev–Trinajstić information content (AvgIpc) is 3.26. The fraction of sp³-hybridized carbons (Fsp3) is 0.882. The molecule has 5 nitrogen and oxygen atoms in total. The number of nitrogens with zero attached hydrogens (tertiary/aromatic N) is 1. The van der Waals surface area contributed by atoms with Crippen molar-refractivity contribution in [2.45, 2.75) is 57.4 Å².